The number of aryl methyl sites for hydroxylation is 1. The second kappa shape index (κ2) is 11.0. The van der Waals surface area contributed by atoms with Crippen molar-refractivity contribution in [3.05, 3.63) is 112 Å². The predicted octanol–water partition coefficient (Wildman–Crippen LogP) is 6.19. The number of carbonyl (C=O) groups is 2. The molecule has 1 aliphatic heterocycles. The molecule has 0 saturated carbocycles. The number of methoxy groups -OCH3 is 1. The molecule has 6 heteroatoms. The van der Waals surface area contributed by atoms with Gasteiger partial charge in [-0.05, 0) is 61.6 Å². The maximum atomic E-state index is 13.8. The third-order valence-corrected chi connectivity index (χ3v) is 7.17. The molecule has 3 aromatic carbocycles. The van der Waals surface area contributed by atoms with Crippen LogP contribution in [0.15, 0.2) is 95.3 Å². The molecule has 194 valence electrons. The number of amides is 1. The van der Waals surface area contributed by atoms with Crippen LogP contribution < -0.4 is 20.1 Å². The Morgan fingerprint density at radius 3 is 2.50 bits per heavy atom. The molecule has 0 bridgehead atoms. The molecule has 3 aromatic rings. The first-order valence-corrected chi connectivity index (χ1v) is 12.9. The average molecular weight is 509 g/mol. The van der Waals surface area contributed by atoms with E-state index in [1.54, 1.807) is 7.11 Å². The monoisotopic (exact) mass is 508 g/mol. The number of para-hydroxylation sites is 1. The van der Waals surface area contributed by atoms with E-state index in [-0.39, 0.29) is 11.7 Å². The van der Waals surface area contributed by atoms with Crippen molar-refractivity contribution in [2.24, 2.45) is 0 Å². The number of ketones is 1. The summed E-state index contributed by atoms with van der Waals surface area (Å²) in [6.07, 6.45) is 2.04. The minimum Gasteiger partial charge on any atom is -0.493 e. The van der Waals surface area contributed by atoms with E-state index in [1.165, 1.54) is 0 Å². The van der Waals surface area contributed by atoms with Crippen molar-refractivity contribution in [3.63, 3.8) is 0 Å². The maximum absolute atomic E-state index is 13.8. The van der Waals surface area contributed by atoms with Gasteiger partial charge in [0.1, 0.15) is 6.61 Å². The minimum atomic E-state index is -0.514. The van der Waals surface area contributed by atoms with Crippen molar-refractivity contribution in [1.82, 2.24) is 5.32 Å². The fraction of sp³-hybridized carbons (Fsp3) is 0.250. The van der Waals surface area contributed by atoms with E-state index >= 15 is 0 Å². The Kier molecular flexibility index (Phi) is 7.31. The second-order valence-electron chi connectivity index (χ2n) is 9.72. The molecule has 6 nitrogen and oxygen atoms in total. The molecule has 0 fully saturated rings. The number of dihydropyridines is 1. The van der Waals surface area contributed by atoms with E-state index in [9.17, 15) is 9.59 Å². The molecule has 1 aliphatic carbocycles. The smallest absolute Gasteiger partial charge is 0.254 e. The predicted molar refractivity (Wildman–Crippen MR) is 148 cm³/mol. The average Bonchev–Trinajstić information content (AvgIpc) is 2.93. The maximum Gasteiger partial charge on any atom is 0.254 e. The summed E-state index contributed by atoms with van der Waals surface area (Å²) in [4.78, 5) is 27.0. The summed E-state index contributed by atoms with van der Waals surface area (Å²) in [5.74, 6) is 0.479. The van der Waals surface area contributed by atoms with Gasteiger partial charge in [0.25, 0.3) is 5.91 Å². The molecule has 1 atom stereocenters. The van der Waals surface area contributed by atoms with E-state index in [0.29, 0.717) is 35.7 Å². The third kappa shape index (κ3) is 5.07. The van der Waals surface area contributed by atoms with Crippen LogP contribution in [0.3, 0.4) is 0 Å². The van der Waals surface area contributed by atoms with Gasteiger partial charge in [-0.1, -0.05) is 54.6 Å². The van der Waals surface area contributed by atoms with Crippen LogP contribution in [0.1, 0.15) is 48.8 Å². The van der Waals surface area contributed by atoms with E-state index in [2.05, 4.69) is 10.6 Å². The lowest BCUT2D eigenvalue weighted by molar-refractivity contribution is -0.116. The van der Waals surface area contributed by atoms with E-state index < -0.39 is 5.92 Å². The van der Waals surface area contributed by atoms with E-state index in [1.807, 2.05) is 86.6 Å². The van der Waals surface area contributed by atoms with E-state index in [0.717, 1.165) is 46.6 Å². The van der Waals surface area contributed by atoms with Crippen molar-refractivity contribution in [2.45, 2.75) is 45.6 Å². The SMILES string of the molecule is COc1cc(C2C(C(=O)Nc3ccccc3C)=C(C)NC3=C2C(=O)CCC3)ccc1OCc1ccccc1. The highest BCUT2D eigenvalue weighted by molar-refractivity contribution is 6.10. The topological polar surface area (TPSA) is 76.7 Å². The van der Waals surface area contributed by atoms with Crippen molar-refractivity contribution in [3.8, 4) is 11.5 Å². The first-order valence-electron chi connectivity index (χ1n) is 12.9. The normalized spacial score (nSPS) is 17.0. The molecule has 38 heavy (non-hydrogen) atoms. The Hall–Kier alpha value is -4.32. The van der Waals surface area contributed by atoms with Crippen LogP contribution in [-0.4, -0.2) is 18.8 Å². The Labute approximate surface area is 223 Å². The Bertz CT molecular complexity index is 1440. The molecule has 1 heterocycles. The summed E-state index contributed by atoms with van der Waals surface area (Å²) in [5.41, 5.74) is 6.42. The number of ether oxygens (including phenoxy) is 2. The van der Waals surface area contributed by atoms with Crippen LogP contribution in [0, 0.1) is 6.92 Å². The summed E-state index contributed by atoms with van der Waals surface area (Å²) >= 11 is 0. The summed E-state index contributed by atoms with van der Waals surface area (Å²) in [6.45, 7) is 4.26. The number of carbonyl (C=O) groups excluding carboxylic acids is 2. The summed E-state index contributed by atoms with van der Waals surface area (Å²) in [7, 11) is 1.60. The van der Waals surface area contributed by atoms with Gasteiger partial charge in [0.15, 0.2) is 17.3 Å². The number of anilines is 1. The molecule has 1 amide bonds. The Morgan fingerprint density at radius 2 is 1.74 bits per heavy atom. The first kappa shape index (κ1) is 25.3. The van der Waals surface area contributed by atoms with E-state index in [4.69, 9.17) is 9.47 Å². The summed E-state index contributed by atoms with van der Waals surface area (Å²) in [5, 5.41) is 6.45. The molecular weight excluding hydrogens is 476 g/mol. The molecule has 1 unspecified atom stereocenters. The Balaban J connectivity index is 1.53. The minimum absolute atomic E-state index is 0.0702. The zero-order chi connectivity index (χ0) is 26.6. The lowest BCUT2D eigenvalue weighted by atomic mass is 9.75. The molecule has 2 aliphatic rings. The van der Waals surface area contributed by atoms with Gasteiger partial charge in [-0.2, -0.15) is 0 Å². The molecule has 0 radical (unpaired) electrons. The van der Waals surface area contributed by atoms with Gasteiger partial charge in [0, 0.05) is 40.6 Å². The number of Topliss-reactive ketones (excluding diaryl/α,β-unsaturated/α-hetero) is 1. The first-order chi connectivity index (χ1) is 18.5. The van der Waals surface area contributed by atoms with Gasteiger partial charge < -0.3 is 20.1 Å². The number of hydrogen-bond donors (Lipinski definition) is 2. The molecule has 5 rings (SSSR count). The fourth-order valence-electron chi connectivity index (χ4n) is 5.24. The van der Waals surface area contributed by atoms with Crippen LogP contribution in [-0.2, 0) is 16.2 Å². The van der Waals surface area contributed by atoms with Gasteiger partial charge in [0.05, 0.1) is 7.11 Å². The molecule has 0 saturated heterocycles. The number of hydrogen-bond acceptors (Lipinski definition) is 5. The van der Waals surface area contributed by atoms with Crippen molar-refractivity contribution in [1.29, 1.82) is 0 Å². The van der Waals surface area contributed by atoms with Crippen LogP contribution in [0.2, 0.25) is 0 Å². The molecule has 2 N–H and O–H groups in total. The van der Waals surface area contributed by atoms with Crippen LogP contribution >= 0.6 is 0 Å². The van der Waals surface area contributed by atoms with Crippen molar-refractivity contribution < 1.29 is 19.1 Å². The lowest BCUT2D eigenvalue weighted by Crippen LogP contribution is -2.35. The number of nitrogens with one attached hydrogen (secondary N) is 2. The molecule has 0 spiro atoms. The standard InChI is InChI=1S/C32H32N2O4/c1-20-10-7-8-13-24(20)34-32(36)29-21(2)33-25-14-9-15-26(35)31(25)30(29)23-16-17-27(28(18-23)37-3)38-19-22-11-5-4-6-12-22/h4-8,10-13,16-18,30,33H,9,14-15,19H2,1-3H3,(H,34,36). The zero-order valence-electron chi connectivity index (χ0n) is 22.0. The number of benzene rings is 3. The quantitative estimate of drug-likeness (QED) is 0.398. The molecule has 0 aromatic heterocycles. The van der Waals surface area contributed by atoms with Gasteiger partial charge in [-0.25, -0.2) is 0 Å². The van der Waals surface area contributed by atoms with Gasteiger partial charge in [0.2, 0.25) is 0 Å². The molecular formula is C32H32N2O4. The summed E-state index contributed by atoms with van der Waals surface area (Å²) in [6, 6.07) is 23.3. The van der Waals surface area contributed by atoms with Crippen molar-refractivity contribution in [2.75, 3.05) is 12.4 Å². The highest BCUT2D eigenvalue weighted by Gasteiger charge is 2.38. The van der Waals surface area contributed by atoms with Crippen LogP contribution in [0.25, 0.3) is 0 Å². The number of rotatable bonds is 7. The Morgan fingerprint density at radius 1 is 0.974 bits per heavy atom. The zero-order valence-corrected chi connectivity index (χ0v) is 22.0. The highest BCUT2D eigenvalue weighted by atomic mass is 16.5. The van der Waals surface area contributed by atoms with Crippen LogP contribution in [0.4, 0.5) is 5.69 Å². The van der Waals surface area contributed by atoms with Gasteiger partial charge in [-0.3, -0.25) is 9.59 Å². The second-order valence-corrected chi connectivity index (χ2v) is 9.72. The fourth-order valence-corrected chi connectivity index (χ4v) is 5.24. The summed E-state index contributed by atoms with van der Waals surface area (Å²) < 4.78 is 11.8. The van der Waals surface area contributed by atoms with Crippen molar-refractivity contribution >= 4 is 17.4 Å². The van der Waals surface area contributed by atoms with Gasteiger partial charge >= 0.3 is 0 Å². The third-order valence-electron chi connectivity index (χ3n) is 7.17. The van der Waals surface area contributed by atoms with Gasteiger partial charge in [-0.15, -0.1) is 0 Å². The number of allylic oxidation sites excluding steroid dienone is 3. The highest BCUT2D eigenvalue weighted by Crippen LogP contribution is 2.44. The lowest BCUT2D eigenvalue weighted by Gasteiger charge is -2.34. The van der Waals surface area contributed by atoms with Crippen LogP contribution in [0.5, 0.6) is 11.5 Å². The largest absolute Gasteiger partial charge is 0.493 e.